The van der Waals surface area contributed by atoms with Crippen LogP contribution in [-0.2, 0) is 0 Å². The minimum absolute atomic E-state index is 0.859. The Kier molecular flexibility index (Phi) is 5.50. The normalized spacial score (nSPS) is 35.0. The molecule has 18 heavy (non-hydrogen) atoms. The summed E-state index contributed by atoms with van der Waals surface area (Å²) in [7, 11) is 2.36. The van der Waals surface area contributed by atoms with E-state index in [0.717, 1.165) is 23.8 Å². The molecule has 0 amide bonds. The molecule has 3 unspecified atom stereocenters. The van der Waals surface area contributed by atoms with Gasteiger partial charge in [-0.1, -0.05) is 13.8 Å². The highest BCUT2D eigenvalue weighted by Gasteiger charge is 2.27. The highest BCUT2D eigenvalue weighted by atomic mass is 15.1. The molecule has 2 rings (SSSR count). The van der Waals surface area contributed by atoms with Crippen LogP contribution in [0.1, 0.15) is 52.4 Å². The standard InChI is InChI=1S/C16H32N2/c1-13-4-5-16(12-14(13)2)18(3)11-8-15-6-9-17-10-7-15/h13-17H,4-12H2,1-3H3. The summed E-state index contributed by atoms with van der Waals surface area (Å²) in [5, 5.41) is 3.46. The summed E-state index contributed by atoms with van der Waals surface area (Å²) < 4.78 is 0. The van der Waals surface area contributed by atoms with E-state index >= 15 is 0 Å². The SMILES string of the molecule is CC1CCC(N(C)CCC2CCNCC2)CC1C. The molecule has 106 valence electrons. The lowest BCUT2D eigenvalue weighted by Crippen LogP contribution is -2.39. The Hall–Kier alpha value is -0.0800. The van der Waals surface area contributed by atoms with Crippen LogP contribution in [0.15, 0.2) is 0 Å². The second kappa shape index (κ2) is 6.91. The molecule has 3 atom stereocenters. The first-order valence-corrected chi connectivity index (χ1v) is 8.07. The van der Waals surface area contributed by atoms with Crippen molar-refractivity contribution >= 4 is 0 Å². The number of hydrogen-bond donors (Lipinski definition) is 1. The van der Waals surface area contributed by atoms with E-state index in [1.54, 1.807) is 0 Å². The maximum Gasteiger partial charge on any atom is 0.00949 e. The predicted octanol–water partition coefficient (Wildman–Crippen LogP) is 3.13. The first-order valence-electron chi connectivity index (χ1n) is 8.07. The van der Waals surface area contributed by atoms with E-state index in [1.165, 1.54) is 58.2 Å². The Labute approximate surface area is 114 Å². The van der Waals surface area contributed by atoms with Crippen LogP contribution in [0.5, 0.6) is 0 Å². The Morgan fingerprint density at radius 2 is 1.72 bits per heavy atom. The topological polar surface area (TPSA) is 15.3 Å². The van der Waals surface area contributed by atoms with Gasteiger partial charge in [-0.3, -0.25) is 0 Å². The molecule has 0 bridgehead atoms. The van der Waals surface area contributed by atoms with E-state index < -0.39 is 0 Å². The number of piperidine rings is 1. The molecular weight excluding hydrogens is 220 g/mol. The number of nitrogens with one attached hydrogen (secondary N) is 1. The van der Waals surface area contributed by atoms with Gasteiger partial charge in [-0.2, -0.15) is 0 Å². The van der Waals surface area contributed by atoms with Crippen molar-refractivity contribution in [2.75, 3.05) is 26.7 Å². The van der Waals surface area contributed by atoms with Crippen LogP contribution in [0, 0.1) is 17.8 Å². The van der Waals surface area contributed by atoms with Gasteiger partial charge in [0.1, 0.15) is 0 Å². The van der Waals surface area contributed by atoms with Crippen molar-refractivity contribution < 1.29 is 0 Å². The Balaban J connectivity index is 1.69. The van der Waals surface area contributed by atoms with Gasteiger partial charge in [-0.15, -0.1) is 0 Å². The summed E-state index contributed by atoms with van der Waals surface area (Å²) in [6.45, 7) is 8.67. The van der Waals surface area contributed by atoms with E-state index in [0.29, 0.717) is 0 Å². The van der Waals surface area contributed by atoms with Gasteiger partial charge in [0.2, 0.25) is 0 Å². The fourth-order valence-corrected chi connectivity index (χ4v) is 3.66. The number of hydrogen-bond acceptors (Lipinski definition) is 2. The van der Waals surface area contributed by atoms with Crippen LogP contribution in [0.3, 0.4) is 0 Å². The van der Waals surface area contributed by atoms with Crippen molar-refractivity contribution in [3.8, 4) is 0 Å². The van der Waals surface area contributed by atoms with Crippen LogP contribution in [-0.4, -0.2) is 37.6 Å². The molecule has 1 aliphatic carbocycles. The largest absolute Gasteiger partial charge is 0.317 e. The van der Waals surface area contributed by atoms with Gasteiger partial charge in [0.05, 0.1) is 0 Å². The van der Waals surface area contributed by atoms with Crippen LogP contribution in [0.2, 0.25) is 0 Å². The number of nitrogens with zero attached hydrogens (tertiary/aromatic N) is 1. The van der Waals surface area contributed by atoms with Gasteiger partial charge in [0.25, 0.3) is 0 Å². The van der Waals surface area contributed by atoms with Crippen LogP contribution in [0.4, 0.5) is 0 Å². The van der Waals surface area contributed by atoms with Crippen LogP contribution >= 0.6 is 0 Å². The third kappa shape index (κ3) is 3.96. The van der Waals surface area contributed by atoms with Crippen LogP contribution < -0.4 is 5.32 Å². The minimum atomic E-state index is 0.859. The molecule has 1 aliphatic heterocycles. The second-order valence-electron chi connectivity index (χ2n) is 6.88. The zero-order chi connectivity index (χ0) is 13.0. The zero-order valence-electron chi connectivity index (χ0n) is 12.6. The smallest absolute Gasteiger partial charge is 0.00949 e. The Morgan fingerprint density at radius 1 is 1.00 bits per heavy atom. The van der Waals surface area contributed by atoms with E-state index in [-0.39, 0.29) is 0 Å². The molecule has 0 radical (unpaired) electrons. The summed E-state index contributed by atoms with van der Waals surface area (Å²) in [4.78, 5) is 2.66. The third-order valence-electron chi connectivity index (χ3n) is 5.54. The second-order valence-corrected chi connectivity index (χ2v) is 6.88. The highest BCUT2D eigenvalue weighted by Crippen LogP contribution is 2.31. The van der Waals surface area contributed by atoms with Gasteiger partial charge in [-0.25, -0.2) is 0 Å². The van der Waals surface area contributed by atoms with Crippen molar-refractivity contribution in [3.63, 3.8) is 0 Å². The van der Waals surface area contributed by atoms with E-state index in [2.05, 4.69) is 31.1 Å². The van der Waals surface area contributed by atoms with Crippen molar-refractivity contribution in [1.29, 1.82) is 0 Å². The molecule has 0 aromatic heterocycles. The summed E-state index contributed by atoms with van der Waals surface area (Å²) in [5.74, 6) is 2.85. The number of rotatable bonds is 4. The molecule has 2 nitrogen and oxygen atoms in total. The summed E-state index contributed by atoms with van der Waals surface area (Å²) in [5.41, 5.74) is 0. The summed E-state index contributed by atoms with van der Waals surface area (Å²) in [6, 6.07) is 0.859. The van der Waals surface area contributed by atoms with Gasteiger partial charge in [-0.05, 0) is 83.0 Å². The first-order chi connectivity index (χ1) is 8.66. The maximum atomic E-state index is 3.46. The first kappa shape index (κ1) is 14.3. The fraction of sp³-hybridized carbons (Fsp3) is 1.00. The molecule has 1 heterocycles. The maximum absolute atomic E-state index is 3.46. The van der Waals surface area contributed by atoms with Gasteiger partial charge in [0.15, 0.2) is 0 Å². The van der Waals surface area contributed by atoms with E-state index in [4.69, 9.17) is 0 Å². The van der Waals surface area contributed by atoms with E-state index in [1.807, 2.05) is 0 Å². The van der Waals surface area contributed by atoms with Gasteiger partial charge in [0, 0.05) is 6.04 Å². The predicted molar refractivity (Wildman–Crippen MR) is 78.8 cm³/mol. The van der Waals surface area contributed by atoms with E-state index in [9.17, 15) is 0 Å². The molecule has 2 heteroatoms. The molecule has 0 aromatic rings. The molecular formula is C16H32N2. The van der Waals surface area contributed by atoms with Gasteiger partial charge < -0.3 is 10.2 Å². The summed E-state index contributed by atoms with van der Waals surface area (Å²) >= 11 is 0. The Bertz CT molecular complexity index is 235. The highest BCUT2D eigenvalue weighted by molar-refractivity contribution is 4.81. The minimum Gasteiger partial charge on any atom is -0.317 e. The quantitative estimate of drug-likeness (QED) is 0.827. The molecule has 0 spiro atoms. The zero-order valence-corrected chi connectivity index (χ0v) is 12.6. The lowest BCUT2D eigenvalue weighted by molar-refractivity contribution is 0.123. The third-order valence-corrected chi connectivity index (χ3v) is 5.54. The monoisotopic (exact) mass is 252 g/mol. The fourth-order valence-electron chi connectivity index (χ4n) is 3.66. The van der Waals surface area contributed by atoms with Gasteiger partial charge >= 0.3 is 0 Å². The van der Waals surface area contributed by atoms with Crippen molar-refractivity contribution in [2.45, 2.75) is 58.4 Å². The Morgan fingerprint density at radius 3 is 2.39 bits per heavy atom. The molecule has 2 aliphatic rings. The summed E-state index contributed by atoms with van der Waals surface area (Å²) in [6.07, 6.45) is 8.48. The molecule has 2 fully saturated rings. The molecule has 1 N–H and O–H groups in total. The molecule has 0 aromatic carbocycles. The molecule has 1 saturated carbocycles. The average Bonchev–Trinajstić information content (AvgIpc) is 2.40. The lowest BCUT2D eigenvalue weighted by Gasteiger charge is -2.38. The molecule has 1 saturated heterocycles. The average molecular weight is 252 g/mol. The van der Waals surface area contributed by atoms with Crippen molar-refractivity contribution in [2.24, 2.45) is 17.8 Å². The van der Waals surface area contributed by atoms with Crippen molar-refractivity contribution in [3.05, 3.63) is 0 Å². The lowest BCUT2D eigenvalue weighted by atomic mass is 9.78. The van der Waals surface area contributed by atoms with Crippen molar-refractivity contribution in [1.82, 2.24) is 10.2 Å². The van der Waals surface area contributed by atoms with Crippen LogP contribution in [0.25, 0.3) is 0 Å².